The van der Waals surface area contributed by atoms with Crippen LogP contribution < -0.4 is 5.56 Å². The van der Waals surface area contributed by atoms with Crippen LogP contribution in [0.15, 0.2) is 120 Å². The second kappa shape index (κ2) is 7.29. The third kappa shape index (κ3) is 2.85. The van der Waals surface area contributed by atoms with Crippen molar-refractivity contribution in [1.82, 2.24) is 4.57 Å². The summed E-state index contributed by atoms with van der Waals surface area (Å²) in [6.07, 6.45) is 0. The van der Waals surface area contributed by atoms with Gasteiger partial charge in [0.1, 0.15) is 0 Å². The number of hydrogen-bond acceptors (Lipinski definition) is 1. The Morgan fingerprint density at radius 1 is 0.471 bits per heavy atom. The van der Waals surface area contributed by atoms with Crippen LogP contribution in [0.5, 0.6) is 0 Å². The fourth-order valence-electron chi connectivity index (χ4n) is 5.34. The quantitative estimate of drug-likeness (QED) is 0.202. The number of para-hydroxylation sites is 1. The van der Waals surface area contributed by atoms with E-state index in [-0.39, 0.29) is 5.56 Å². The van der Waals surface area contributed by atoms with Crippen LogP contribution >= 0.6 is 0 Å². The lowest BCUT2D eigenvalue weighted by atomic mass is 9.97. The molecule has 7 rings (SSSR count). The molecule has 0 saturated carbocycles. The summed E-state index contributed by atoms with van der Waals surface area (Å²) < 4.78 is 1.91. The SMILES string of the molecule is O=c1c2ccccc2c2ccccc2n1Cc1ccc2c(ccc3cc4ccccc4cc32)c1. The van der Waals surface area contributed by atoms with Crippen LogP contribution in [0.2, 0.25) is 0 Å². The minimum atomic E-state index is 0.0550. The normalized spacial score (nSPS) is 11.8. The van der Waals surface area contributed by atoms with Gasteiger partial charge in [0.2, 0.25) is 0 Å². The smallest absolute Gasteiger partial charge is 0.259 e. The molecule has 0 aliphatic rings. The second-order valence-electron chi connectivity index (χ2n) is 9.00. The van der Waals surface area contributed by atoms with Crippen molar-refractivity contribution in [3.63, 3.8) is 0 Å². The third-order valence-electron chi connectivity index (χ3n) is 6.99. The van der Waals surface area contributed by atoms with E-state index in [1.807, 2.05) is 47.0 Å². The Labute approximate surface area is 196 Å². The van der Waals surface area contributed by atoms with Crippen LogP contribution in [0, 0.1) is 0 Å². The van der Waals surface area contributed by atoms with Crippen LogP contribution in [-0.4, -0.2) is 4.57 Å². The minimum Gasteiger partial charge on any atom is -0.303 e. The molecule has 0 aliphatic heterocycles. The zero-order valence-corrected chi connectivity index (χ0v) is 18.5. The maximum atomic E-state index is 13.5. The molecule has 34 heavy (non-hydrogen) atoms. The fourth-order valence-corrected chi connectivity index (χ4v) is 5.34. The lowest BCUT2D eigenvalue weighted by Crippen LogP contribution is -2.21. The minimum absolute atomic E-state index is 0.0550. The molecule has 0 bridgehead atoms. The average Bonchev–Trinajstić information content (AvgIpc) is 2.89. The van der Waals surface area contributed by atoms with Gasteiger partial charge in [0.15, 0.2) is 0 Å². The van der Waals surface area contributed by atoms with E-state index in [0.29, 0.717) is 6.54 Å². The Bertz CT molecular complexity index is 1960. The maximum Gasteiger partial charge on any atom is 0.259 e. The molecule has 0 radical (unpaired) electrons. The van der Waals surface area contributed by atoms with E-state index in [4.69, 9.17) is 0 Å². The zero-order valence-electron chi connectivity index (χ0n) is 18.5. The predicted octanol–water partition coefficient (Wildman–Crippen LogP) is 7.66. The summed E-state index contributed by atoms with van der Waals surface area (Å²) >= 11 is 0. The van der Waals surface area contributed by atoms with Gasteiger partial charge in [0, 0.05) is 10.8 Å². The predicted molar refractivity (Wildman–Crippen MR) is 144 cm³/mol. The zero-order chi connectivity index (χ0) is 22.6. The highest BCUT2D eigenvalue weighted by atomic mass is 16.1. The molecule has 160 valence electrons. The van der Waals surface area contributed by atoms with Gasteiger partial charge >= 0.3 is 0 Å². The molecule has 1 aromatic heterocycles. The first-order valence-corrected chi connectivity index (χ1v) is 11.6. The summed E-state index contributed by atoms with van der Waals surface area (Å²) in [5, 5.41) is 10.3. The second-order valence-corrected chi connectivity index (χ2v) is 9.00. The van der Waals surface area contributed by atoms with E-state index in [2.05, 4.69) is 72.8 Å². The van der Waals surface area contributed by atoms with E-state index in [1.165, 1.54) is 32.3 Å². The van der Waals surface area contributed by atoms with E-state index in [9.17, 15) is 4.79 Å². The van der Waals surface area contributed by atoms with Gasteiger partial charge in [-0.2, -0.15) is 0 Å². The number of benzene rings is 6. The number of fused-ring (bicyclic) bond motifs is 7. The summed E-state index contributed by atoms with van der Waals surface area (Å²) in [5.74, 6) is 0. The molecular formula is C32H21NO. The first-order valence-electron chi connectivity index (χ1n) is 11.6. The van der Waals surface area contributed by atoms with Crippen LogP contribution in [0.4, 0.5) is 0 Å². The van der Waals surface area contributed by atoms with Crippen molar-refractivity contribution in [2.75, 3.05) is 0 Å². The van der Waals surface area contributed by atoms with Gasteiger partial charge in [-0.25, -0.2) is 0 Å². The van der Waals surface area contributed by atoms with Crippen molar-refractivity contribution in [3.05, 3.63) is 131 Å². The van der Waals surface area contributed by atoms with E-state index in [0.717, 1.165) is 27.2 Å². The molecule has 0 amide bonds. The van der Waals surface area contributed by atoms with Crippen molar-refractivity contribution >= 4 is 54.0 Å². The lowest BCUT2D eigenvalue weighted by Gasteiger charge is -2.14. The summed E-state index contributed by atoms with van der Waals surface area (Å²) in [5.41, 5.74) is 2.14. The maximum absolute atomic E-state index is 13.5. The molecule has 2 nitrogen and oxygen atoms in total. The molecule has 0 spiro atoms. The van der Waals surface area contributed by atoms with Crippen LogP contribution in [0.25, 0.3) is 54.0 Å². The van der Waals surface area contributed by atoms with Crippen molar-refractivity contribution in [2.24, 2.45) is 0 Å². The molecule has 0 atom stereocenters. The Morgan fingerprint density at radius 2 is 1.12 bits per heavy atom. The van der Waals surface area contributed by atoms with Gasteiger partial charge in [-0.15, -0.1) is 0 Å². The summed E-state index contributed by atoms with van der Waals surface area (Å²) in [6.45, 7) is 0.538. The molecule has 0 aliphatic carbocycles. The van der Waals surface area contributed by atoms with Crippen molar-refractivity contribution < 1.29 is 0 Å². The van der Waals surface area contributed by atoms with E-state index < -0.39 is 0 Å². The van der Waals surface area contributed by atoms with Crippen LogP contribution in [-0.2, 0) is 6.54 Å². The number of rotatable bonds is 2. The average molecular weight is 436 g/mol. The molecule has 2 heteroatoms. The van der Waals surface area contributed by atoms with Gasteiger partial charge < -0.3 is 4.57 Å². The number of pyridine rings is 1. The first kappa shape index (κ1) is 19.1. The molecule has 0 unspecified atom stereocenters. The lowest BCUT2D eigenvalue weighted by molar-refractivity contribution is 0.804. The first-order chi connectivity index (χ1) is 16.8. The van der Waals surface area contributed by atoms with Gasteiger partial charge in [0.25, 0.3) is 5.56 Å². The molecule has 0 saturated heterocycles. The van der Waals surface area contributed by atoms with Crippen molar-refractivity contribution in [2.45, 2.75) is 6.54 Å². The topological polar surface area (TPSA) is 22.0 Å². The van der Waals surface area contributed by atoms with Gasteiger partial charge in [-0.1, -0.05) is 84.9 Å². The molecule has 0 N–H and O–H groups in total. The van der Waals surface area contributed by atoms with Gasteiger partial charge in [0.05, 0.1) is 12.1 Å². The Kier molecular flexibility index (Phi) is 4.09. The Hall–Kier alpha value is -4.43. The van der Waals surface area contributed by atoms with E-state index in [1.54, 1.807) is 0 Å². The van der Waals surface area contributed by atoms with Crippen molar-refractivity contribution in [1.29, 1.82) is 0 Å². The highest BCUT2D eigenvalue weighted by Crippen LogP contribution is 2.30. The summed E-state index contributed by atoms with van der Waals surface area (Å²) in [4.78, 5) is 13.5. The molecule has 6 aromatic carbocycles. The largest absolute Gasteiger partial charge is 0.303 e. The van der Waals surface area contributed by atoms with Crippen LogP contribution in [0.1, 0.15) is 5.56 Å². The number of hydrogen-bond donors (Lipinski definition) is 0. The molecule has 1 heterocycles. The third-order valence-corrected chi connectivity index (χ3v) is 6.99. The van der Waals surface area contributed by atoms with Gasteiger partial charge in [-0.3, -0.25) is 4.79 Å². The van der Waals surface area contributed by atoms with Gasteiger partial charge in [-0.05, 0) is 73.6 Å². The number of nitrogens with zero attached hydrogens (tertiary/aromatic N) is 1. The standard InChI is InChI=1S/C32H21NO/c34-32-29-11-4-3-9-27(29)28-10-5-6-12-31(28)33(32)20-21-13-16-26-24(17-21)14-15-25-18-22-7-1-2-8-23(22)19-30(25)26/h1-19H,20H2. The van der Waals surface area contributed by atoms with E-state index >= 15 is 0 Å². The van der Waals surface area contributed by atoms with Crippen LogP contribution in [0.3, 0.4) is 0 Å². The molecule has 7 aromatic rings. The Morgan fingerprint density at radius 3 is 1.94 bits per heavy atom. The Balaban J connectivity index is 1.41. The highest BCUT2D eigenvalue weighted by Gasteiger charge is 2.11. The monoisotopic (exact) mass is 435 g/mol. The highest BCUT2D eigenvalue weighted by molar-refractivity contribution is 6.12. The molecular weight excluding hydrogens is 414 g/mol. The van der Waals surface area contributed by atoms with Crippen molar-refractivity contribution in [3.8, 4) is 0 Å². The number of aromatic nitrogens is 1. The fraction of sp³-hybridized carbons (Fsp3) is 0.0312. The summed E-state index contributed by atoms with van der Waals surface area (Å²) in [7, 11) is 0. The molecule has 0 fully saturated rings. The summed E-state index contributed by atoms with van der Waals surface area (Å²) in [6, 6.07) is 40.1.